The number of rotatable bonds is 5. The quantitative estimate of drug-likeness (QED) is 0.656. The summed E-state index contributed by atoms with van der Waals surface area (Å²) in [6.07, 6.45) is 0.792. The highest BCUT2D eigenvalue weighted by atomic mass is 35.5. The first-order valence-corrected chi connectivity index (χ1v) is 6.68. The lowest BCUT2D eigenvalue weighted by Gasteiger charge is -2.07. The van der Waals surface area contributed by atoms with E-state index in [0.29, 0.717) is 22.9 Å². The molecule has 0 amide bonds. The van der Waals surface area contributed by atoms with Crippen molar-refractivity contribution < 1.29 is 4.74 Å². The van der Waals surface area contributed by atoms with Crippen LogP contribution >= 0.6 is 11.6 Å². The molecular weight excluding hydrogens is 276 g/mol. The molecule has 0 unspecified atom stereocenters. The van der Waals surface area contributed by atoms with Crippen LogP contribution in [0.1, 0.15) is 23.9 Å². The topological polar surface area (TPSA) is 76.9 Å². The van der Waals surface area contributed by atoms with Gasteiger partial charge in [-0.2, -0.15) is 5.10 Å². The van der Waals surface area contributed by atoms with Crippen LogP contribution in [-0.2, 0) is 20.1 Å². The van der Waals surface area contributed by atoms with Crippen LogP contribution in [0.4, 0.5) is 0 Å². The molecule has 5 nitrogen and oxygen atoms in total. The maximum atomic E-state index is 7.33. The Morgan fingerprint density at radius 3 is 2.55 bits per heavy atom. The van der Waals surface area contributed by atoms with Gasteiger partial charge < -0.3 is 10.5 Å². The number of halogens is 1. The Labute approximate surface area is 122 Å². The number of nitrogens with two attached hydrogens (primary N) is 1. The number of ether oxygens (including phenoxy) is 1. The van der Waals surface area contributed by atoms with Crippen LogP contribution < -0.4 is 10.5 Å². The molecule has 0 spiro atoms. The fraction of sp³-hybridized carbons (Fsp3) is 0.286. The highest BCUT2D eigenvalue weighted by Gasteiger charge is 2.13. The average molecular weight is 293 g/mol. The first kappa shape index (κ1) is 14.4. The van der Waals surface area contributed by atoms with Gasteiger partial charge in [0.1, 0.15) is 18.2 Å². The third-order valence-corrected chi connectivity index (χ3v) is 3.48. The maximum absolute atomic E-state index is 7.33. The second kappa shape index (κ2) is 5.96. The zero-order valence-corrected chi connectivity index (χ0v) is 12.2. The molecule has 6 heteroatoms. The van der Waals surface area contributed by atoms with Crippen molar-refractivity contribution in [3.63, 3.8) is 0 Å². The van der Waals surface area contributed by atoms with Crippen molar-refractivity contribution in [2.24, 2.45) is 12.8 Å². The largest absolute Gasteiger partial charge is 0.487 e. The number of nitrogens with one attached hydrogen (secondary N) is 1. The normalized spacial score (nSPS) is 10.6. The summed E-state index contributed by atoms with van der Waals surface area (Å²) in [6.45, 7) is 2.36. The van der Waals surface area contributed by atoms with Gasteiger partial charge in [0.15, 0.2) is 0 Å². The fourth-order valence-electron chi connectivity index (χ4n) is 1.86. The molecule has 0 bridgehead atoms. The first-order chi connectivity index (χ1) is 9.52. The molecule has 1 aromatic carbocycles. The van der Waals surface area contributed by atoms with Crippen LogP contribution in [0.15, 0.2) is 24.3 Å². The minimum Gasteiger partial charge on any atom is -0.487 e. The van der Waals surface area contributed by atoms with Crippen LogP contribution in [-0.4, -0.2) is 15.6 Å². The van der Waals surface area contributed by atoms with Gasteiger partial charge in [0.05, 0.1) is 16.4 Å². The molecule has 0 radical (unpaired) electrons. The van der Waals surface area contributed by atoms with Crippen molar-refractivity contribution in [1.82, 2.24) is 9.78 Å². The summed E-state index contributed by atoms with van der Waals surface area (Å²) >= 11 is 6.25. The third-order valence-electron chi connectivity index (χ3n) is 3.04. The monoisotopic (exact) mass is 292 g/mol. The number of nitrogen functional groups attached to an aromatic ring is 1. The molecule has 0 saturated heterocycles. The predicted octanol–water partition coefficient (Wildman–Crippen LogP) is 2.50. The van der Waals surface area contributed by atoms with Gasteiger partial charge in [0.2, 0.25) is 0 Å². The Balaban J connectivity index is 2.09. The molecule has 1 aromatic heterocycles. The number of nitrogens with zero attached hydrogens (tertiary/aromatic N) is 2. The smallest absolute Gasteiger partial charge is 0.131 e. The van der Waals surface area contributed by atoms with Crippen molar-refractivity contribution in [3.05, 3.63) is 46.2 Å². The van der Waals surface area contributed by atoms with E-state index in [1.807, 2.05) is 14.0 Å². The molecule has 0 atom stereocenters. The number of aryl methyl sites for hydroxylation is 2. The van der Waals surface area contributed by atoms with Gasteiger partial charge in [0.25, 0.3) is 0 Å². The SMILES string of the molecule is CCc1nn(C)c(COc2ccc(C(=N)N)cc2)c1Cl. The molecule has 20 heavy (non-hydrogen) atoms. The summed E-state index contributed by atoms with van der Waals surface area (Å²) in [5.74, 6) is 0.740. The van der Waals surface area contributed by atoms with E-state index in [2.05, 4.69) is 5.10 Å². The minimum atomic E-state index is 0.0406. The highest BCUT2D eigenvalue weighted by Crippen LogP contribution is 2.22. The predicted molar refractivity (Wildman–Crippen MR) is 79.4 cm³/mol. The number of benzene rings is 1. The second-order valence-corrected chi connectivity index (χ2v) is 4.79. The van der Waals surface area contributed by atoms with E-state index >= 15 is 0 Å². The van der Waals surface area contributed by atoms with E-state index in [1.165, 1.54) is 0 Å². The number of amidine groups is 1. The zero-order chi connectivity index (χ0) is 14.7. The molecule has 0 aliphatic rings. The first-order valence-electron chi connectivity index (χ1n) is 6.30. The minimum absolute atomic E-state index is 0.0406. The summed E-state index contributed by atoms with van der Waals surface area (Å²) in [5, 5.41) is 12.3. The number of hydrogen-bond donors (Lipinski definition) is 2. The molecule has 2 aromatic rings. The standard InChI is InChI=1S/C14H17ClN4O/c1-3-11-13(15)12(19(2)18-11)8-20-10-6-4-9(5-7-10)14(16)17/h4-7H,3,8H2,1-2H3,(H3,16,17). The summed E-state index contributed by atoms with van der Waals surface area (Å²) in [7, 11) is 1.85. The average Bonchev–Trinajstić information content (AvgIpc) is 2.71. The second-order valence-electron chi connectivity index (χ2n) is 4.41. The van der Waals surface area contributed by atoms with Crippen LogP contribution in [0.5, 0.6) is 5.75 Å². The lowest BCUT2D eigenvalue weighted by molar-refractivity contribution is 0.295. The maximum Gasteiger partial charge on any atom is 0.131 e. The van der Waals surface area contributed by atoms with E-state index < -0.39 is 0 Å². The Morgan fingerprint density at radius 1 is 1.40 bits per heavy atom. The number of hydrogen-bond acceptors (Lipinski definition) is 3. The van der Waals surface area contributed by atoms with Crippen LogP contribution in [0.3, 0.4) is 0 Å². The Morgan fingerprint density at radius 2 is 2.05 bits per heavy atom. The molecule has 0 aliphatic heterocycles. The Hall–Kier alpha value is -2.01. The van der Waals surface area contributed by atoms with Crippen molar-refractivity contribution >= 4 is 17.4 Å². The third kappa shape index (κ3) is 2.93. The molecule has 106 valence electrons. The highest BCUT2D eigenvalue weighted by molar-refractivity contribution is 6.31. The van der Waals surface area contributed by atoms with Gasteiger partial charge in [-0.05, 0) is 30.7 Å². The molecule has 0 saturated carbocycles. The Bertz CT molecular complexity index is 619. The zero-order valence-electron chi connectivity index (χ0n) is 11.5. The lowest BCUT2D eigenvalue weighted by Crippen LogP contribution is -2.10. The molecule has 0 aliphatic carbocycles. The fourth-order valence-corrected chi connectivity index (χ4v) is 2.21. The van der Waals surface area contributed by atoms with Gasteiger partial charge >= 0.3 is 0 Å². The summed E-state index contributed by atoms with van der Waals surface area (Å²) in [6, 6.07) is 7.06. The molecule has 1 heterocycles. The molecule has 2 rings (SSSR count). The van der Waals surface area contributed by atoms with Gasteiger partial charge in [-0.15, -0.1) is 0 Å². The van der Waals surface area contributed by atoms with Crippen LogP contribution in [0.25, 0.3) is 0 Å². The summed E-state index contributed by atoms with van der Waals surface area (Å²) in [5.41, 5.74) is 7.79. The van der Waals surface area contributed by atoms with E-state index in [-0.39, 0.29) is 5.84 Å². The van der Waals surface area contributed by atoms with Gasteiger partial charge in [0, 0.05) is 12.6 Å². The summed E-state index contributed by atoms with van der Waals surface area (Å²) < 4.78 is 7.43. The van der Waals surface area contributed by atoms with Gasteiger partial charge in [-0.1, -0.05) is 18.5 Å². The number of aromatic nitrogens is 2. The van der Waals surface area contributed by atoms with Crippen LogP contribution in [0, 0.1) is 5.41 Å². The van der Waals surface area contributed by atoms with E-state index in [4.69, 9.17) is 27.5 Å². The molecular formula is C14H17ClN4O. The van der Waals surface area contributed by atoms with Crippen LogP contribution in [0.2, 0.25) is 5.02 Å². The molecule has 0 fully saturated rings. The van der Waals surface area contributed by atoms with Gasteiger partial charge in [-0.25, -0.2) is 0 Å². The van der Waals surface area contributed by atoms with E-state index in [1.54, 1.807) is 28.9 Å². The van der Waals surface area contributed by atoms with Crippen molar-refractivity contribution in [2.75, 3.05) is 0 Å². The van der Waals surface area contributed by atoms with Gasteiger partial charge in [-0.3, -0.25) is 10.1 Å². The van der Waals surface area contributed by atoms with Crippen molar-refractivity contribution in [3.8, 4) is 5.75 Å². The van der Waals surface area contributed by atoms with E-state index in [0.717, 1.165) is 17.8 Å². The van der Waals surface area contributed by atoms with E-state index in [9.17, 15) is 0 Å². The lowest BCUT2D eigenvalue weighted by atomic mass is 10.2. The van der Waals surface area contributed by atoms with Crippen molar-refractivity contribution in [2.45, 2.75) is 20.0 Å². The Kier molecular flexibility index (Phi) is 4.29. The van der Waals surface area contributed by atoms with Crippen molar-refractivity contribution in [1.29, 1.82) is 5.41 Å². The summed E-state index contributed by atoms with van der Waals surface area (Å²) in [4.78, 5) is 0. The molecule has 3 N–H and O–H groups in total.